The molecule has 2 N–H and O–H groups in total. The Balaban J connectivity index is 1.39. The summed E-state index contributed by atoms with van der Waals surface area (Å²) in [6.07, 6.45) is 0.460. The second kappa shape index (κ2) is 11.8. The molecule has 0 aliphatic carbocycles. The van der Waals surface area contributed by atoms with Gasteiger partial charge in [0.15, 0.2) is 6.61 Å². The van der Waals surface area contributed by atoms with Gasteiger partial charge >= 0.3 is 0 Å². The van der Waals surface area contributed by atoms with Gasteiger partial charge in [0.25, 0.3) is 11.5 Å². The number of nitrogens with one attached hydrogen (secondary N) is 2. The molecule has 0 atom stereocenters. The third-order valence-corrected chi connectivity index (χ3v) is 6.78. The number of aryl methyl sites for hydroxylation is 1. The highest BCUT2D eigenvalue weighted by Gasteiger charge is 2.18. The Morgan fingerprint density at radius 3 is 2.44 bits per heavy atom. The molecule has 0 aliphatic heterocycles. The number of aromatic nitrogens is 4. The summed E-state index contributed by atoms with van der Waals surface area (Å²) in [5, 5.41) is 9.43. The number of aromatic amines is 1. The van der Waals surface area contributed by atoms with Crippen molar-refractivity contribution in [3.05, 3.63) is 105 Å². The largest absolute Gasteiger partial charge is 0.494 e. The smallest absolute Gasteiger partial charge is 0.263 e. The van der Waals surface area contributed by atoms with E-state index in [0.717, 1.165) is 16.2 Å². The fourth-order valence-corrected chi connectivity index (χ4v) is 4.69. The molecule has 10 heteroatoms. The Bertz CT molecular complexity index is 1610. The van der Waals surface area contributed by atoms with Gasteiger partial charge in [-0.1, -0.05) is 36.4 Å². The first kappa shape index (κ1) is 25.9. The van der Waals surface area contributed by atoms with Crippen molar-refractivity contribution in [2.24, 2.45) is 0 Å². The van der Waals surface area contributed by atoms with E-state index in [1.54, 1.807) is 37.3 Å². The van der Waals surface area contributed by atoms with Gasteiger partial charge in [-0.3, -0.25) is 14.6 Å². The van der Waals surface area contributed by atoms with Gasteiger partial charge in [-0.25, -0.2) is 4.98 Å². The van der Waals surface area contributed by atoms with Crippen molar-refractivity contribution < 1.29 is 14.3 Å². The van der Waals surface area contributed by atoms with Gasteiger partial charge in [0.1, 0.15) is 23.0 Å². The number of ether oxygens (including phenoxy) is 2. The highest BCUT2D eigenvalue weighted by Crippen LogP contribution is 2.27. The summed E-state index contributed by atoms with van der Waals surface area (Å²) >= 11 is 1.52. The average Bonchev–Trinajstić information content (AvgIpc) is 3.62. The molecule has 3 heterocycles. The molecule has 0 bridgehead atoms. The molecule has 3 aromatic heterocycles. The molecular weight excluding hydrogens is 514 g/mol. The topological polar surface area (TPSA) is 111 Å². The van der Waals surface area contributed by atoms with Crippen LogP contribution in [-0.2, 0) is 11.2 Å². The fraction of sp³-hybridized carbons (Fsp3) is 0.172. The highest BCUT2D eigenvalue weighted by atomic mass is 32.1. The van der Waals surface area contributed by atoms with Gasteiger partial charge in [-0.2, -0.15) is 9.78 Å². The van der Waals surface area contributed by atoms with Crippen molar-refractivity contribution >= 4 is 23.1 Å². The van der Waals surface area contributed by atoms with Crippen molar-refractivity contribution in [3.8, 4) is 28.0 Å². The van der Waals surface area contributed by atoms with Crippen LogP contribution in [0, 0.1) is 6.92 Å². The zero-order valence-corrected chi connectivity index (χ0v) is 22.3. The van der Waals surface area contributed by atoms with Crippen LogP contribution in [0.5, 0.6) is 11.5 Å². The summed E-state index contributed by atoms with van der Waals surface area (Å²) in [6, 6.07) is 22.4. The third-order valence-electron chi connectivity index (χ3n) is 5.89. The quantitative estimate of drug-likeness (QED) is 0.257. The third kappa shape index (κ3) is 6.24. The maximum Gasteiger partial charge on any atom is 0.263 e. The molecule has 2 aromatic carbocycles. The molecule has 0 saturated carbocycles. The van der Waals surface area contributed by atoms with E-state index < -0.39 is 0 Å². The molecule has 198 valence electrons. The molecule has 0 radical (unpaired) electrons. The number of rotatable bonds is 10. The van der Waals surface area contributed by atoms with Crippen molar-refractivity contribution in [1.82, 2.24) is 19.7 Å². The van der Waals surface area contributed by atoms with Crippen molar-refractivity contribution in [3.63, 3.8) is 0 Å². The lowest BCUT2D eigenvalue weighted by Gasteiger charge is -2.11. The van der Waals surface area contributed by atoms with E-state index in [1.807, 2.05) is 54.8 Å². The number of carbonyl (C=O) groups is 1. The molecular formula is C29H27N5O4S. The first-order chi connectivity index (χ1) is 19.0. The first-order valence-corrected chi connectivity index (χ1v) is 13.3. The maximum atomic E-state index is 13.1. The summed E-state index contributed by atoms with van der Waals surface area (Å²) in [5.41, 5.74) is 2.55. The van der Waals surface area contributed by atoms with Gasteiger partial charge in [0, 0.05) is 18.1 Å². The van der Waals surface area contributed by atoms with Crippen molar-refractivity contribution in [1.29, 1.82) is 0 Å². The minimum absolute atomic E-state index is 0.208. The van der Waals surface area contributed by atoms with Crippen LogP contribution >= 0.6 is 11.3 Å². The van der Waals surface area contributed by atoms with Gasteiger partial charge in [-0.05, 0) is 55.1 Å². The number of benzene rings is 2. The lowest BCUT2D eigenvalue weighted by Crippen LogP contribution is -2.24. The molecule has 9 nitrogen and oxygen atoms in total. The number of carbonyl (C=O) groups excluding carboxylic acids is 1. The van der Waals surface area contributed by atoms with Crippen LogP contribution < -0.4 is 20.3 Å². The van der Waals surface area contributed by atoms with Crippen LogP contribution in [0.3, 0.4) is 0 Å². The molecule has 0 saturated heterocycles. The van der Waals surface area contributed by atoms with Gasteiger partial charge in [-0.15, -0.1) is 11.3 Å². The number of H-pyrrole nitrogens is 1. The fourth-order valence-electron chi connectivity index (χ4n) is 4.01. The molecule has 0 unspecified atom stereocenters. The second-order valence-corrected chi connectivity index (χ2v) is 9.61. The highest BCUT2D eigenvalue weighted by molar-refractivity contribution is 7.13. The molecule has 5 rings (SSSR count). The van der Waals surface area contributed by atoms with Crippen LogP contribution in [0.25, 0.3) is 16.5 Å². The number of amides is 1. The van der Waals surface area contributed by atoms with E-state index in [4.69, 9.17) is 9.47 Å². The van der Waals surface area contributed by atoms with Gasteiger partial charge in [0.2, 0.25) is 5.95 Å². The molecule has 0 fully saturated rings. The predicted molar refractivity (Wildman–Crippen MR) is 151 cm³/mol. The maximum absolute atomic E-state index is 13.1. The minimum Gasteiger partial charge on any atom is -0.494 e. The summed E-state index contributed by atoms with van der Waals surface area (Å²) in [5.74, 6) is 1.45. The minimum atomic E-state index is -0.387. The van der Waals surface area contributed by atoms with Crippen LogP contribution in [0.15, 0.2) is 83.0 Å². The number of hydrogen-bond donors (Lipinski definition) is 2. The van der Waals surface area contributed by atoms with E-state index in [0.29, 0.717) is 41.5 Å². The lowest BCUT2D eigenvalue weighted by atomic mass is 10.1. The lowest BCUT2D eigenvalue weighted by molar-refractivity contribution is -0.118. The summed E-state index contributed by atoms with van der Waals surface area (Å²) in [6.45, 7) is 4.06. The van der Waals surface area contributed by atoms with Gasteiger partial charge < -0.3 is 14.8 Å². The molecule has 5 aromatic rings. The summed E-state index contributed by atoms with van der Waals surface area (Å²) in [7, 11) is 0. The van der Waals surface area contributed by atoms with E-state index in [2.05, 4.69) is 20.4 Å². The van der Waals surface area contributed by atoms with Crippen molar-refractivity contribution in [2.75, 3.05) is 18.5 Å². The first-order valence-electron chi connectivity index (χ1n) is 12.4. The normalized spacial score (nSPS) is 10.8. The zero-order chi connectivity index (χ0) is 27.2. The van der Waals surface area contributed by atoms with Crippen LogP contribution in [-0.4, -0.2) is 38.9 Å². The summed E-state index contributed by atoms with van der Waals surface area (Å²) in [4.78, 5) is 34.3. The Morgan fingerprint density at radius 2 is 1.77 bits per heavy atom. The number of nitrogens with zero attached hydrogens (tertiary/aromatic N) is 3. The Hall–Kier alpha value is -4.70. The molecule has 0 spiro atoms. The Morgan fingerprint density at radius 1 is 1.03 bits per heavy atom. The zero-order valence-electron chi connectivity index (χ0n) is 21.5. The van der Waals surface area contributed by atoms with Crippen LogP contribution in [0.4, 0.5) is 5.82 Å². The van der Waals surface area contributed by atoms with E-state index in [-0.39, 0.29) is 24.0 Å². The summed E-state index contributed by atoms with van der Waals surface area (Å²) < 4.78 is 12.5. The van der Waals surface area contributed by atoms with E-state index >= 15 is 0 Å². The number of anilines is 1. The van der Waals surface area contributed by atoms with E-state index in [1.165, 1.54) is 16.0 Å². The number of hydrogen-bond acceptors (Lipinski definition) is 7. The molecule has 39 heavy (non-hydrogen) atoms. The number of thiophene rings is 1. The Labute approximate surface area is 229 Å². The Kier molecular flexibility index (Phi) is 7.83. The average molecular weight is 542 g/mol. The molecule has 0 aliphatic rings. The standard InChI is InChI=1S/C29H27N5O4S/c1-3-37-21-11-13-22(14-12-21)38-18-27(35)31-26-17-24(25-10-7-15-39-25)33-34(26)29-30-19(2)23(28(36)32-29)16-20-8-5-4-6-9-20/h4-15,17H,3,16,18H2,1-2H3,(H,31,35)(H,30,32,36). The molecule has 1 amide bonds. The second-order valence-electron chi connectivity index (χ2n) is 8.66. The predicted octanol–water partition coefficient (Wildman–Crippen LogP) is 5.00. The van der Waals surface area contributed by atoms with Gasteiger partial charge in [0.05, 0.1) is 17.2 Å². The van der Waals surface area contributed by atoms with Crippen LogP contribution in [0.2, 0.25) is 0 Å². The van der Waals surface area contributed by atoms with Crippen molar-refractivity contribution in [2.45, 2.75) is 20.3 Å². The van der Waals surface area contributed by atoms with E-state index in [9.17, 15) is 9.59 Å². The monoisotopic (exact) mass is 541 g/mol. The van der Waals surface area contributed by atoms with Crippen LogP contribution in [0.1, 0.15) is 23.7 Å². The SMILES string of the molecule is CCOc1ccc(OCC(=O)Nc2cc(-c3cccs3)nn2-c2nc(C)c(Cc3ccccc3)c(=O)[nH]2)cc1.